The molecule has 0 saturated heterocycles. The van der Waals surface area contributed by atoms with Crippen LogP contribution in [-0.2, 0) is 9.59 Å². The smallest absolute Gasteiger partial charge is 0.172 e. The van der Waals surface area contributed by atoms with Crippen molar-refractivity contribution in [3.8, 4) is 0 Å². The van der Waals surface area contributed by atoms with Crippen LogP contribution in [0.2, 0.25) is 0 Å². The maximum atomic E-state index is 13.4. The summed E-state index contributed by atoms with van der Waals surface area (Å²) >= 11 is 0. The second-order valence-electron chi connectivity index (χ2n) is 9.38. The summed E-state index contributed by atoms with van der Waals surface area (Å²) < 4.78 is 0. The number of fused-ring (bicyclic) bond motifs is 2. The van der Waals surface area contributed by atoms with E-state index in [1.807, 2.05) is 0 Å². The van der Waals surface area contributed by atoms with E-state index in [9.17, 15) is 14.7 Å². The van der Waals surface area contributed by atoms with Gasteiger partial charge >= 0.3 is 0 Å². The molecule has 4 fully saturated rings. The molecule has 0 heterocycles. The van der Waals surface area contributed by atoms with E-state index in [2.05, 4.69) is 32.4 Å². The summed E-state index contributed by atoms with van der Waals surface area (Å²) in [6, 6.07) is 0. The van der Waals surface area contributed by atoms with E-state index in [0.29, 0.717) is 24.5 Å². The van der Waals surface area contributed by atoms with Gasteiger partial charge in [-0.3, -0.25) is 9.59 Å². The van der Waals surface area contributed by atoms with Crippen LogP contribution in [-0.4, -0.2) is 48.3 Å². The fourth-order valence-corrected chi connectivity index (χ4v) is 6.83. The van der Waals surface area contributed by atoms with Crippen LogP contribution in [0.15, 0.2) is 12.2 Å². The molecule has 0 radical (unpaired) electrons. The highest BCUT2D eigenvalue weighted by molar-refractivity contribution is 6.16. The van der Waals surface area contributed by atoms with Crippen LogP contribution < -0.4 is 0 Å². The van der Waals surface area contributed by atoms with Crippen molar-refractivity contribution in [3.05, 3.63) is 12.2 Å². The average molecular weight is 376 g/mol. The highest BCUT2D eigenvalue weighted by atomic mass is 16.3. The fourth-order valence-electron chi connectivity index (χ4n) is 6.83. The maximum Gasteiger partial charge on any atom is 0.172 e. The number of likely N-dealkylation sites (N-methyl/N-ethyl adjacent to an activating group) is 1. The number of aliphatic hydroxyl groups excluding tert-OH is 1. The number of allylic oxidation sites excluding steroid dienone is 1. The molecule has 0 aromatic carbocycles. The Labute approximate surface area is 164 Å². The van der Waals surface area contributed by atoms with Crippen molar-refractivity contribution in [2.75, 3.05) is 26.7 Å². The summed E-state index contributed by atoms with van der Waals surface area (Å²) in [5.41, 5.74) is -0.1000. The molecule has 0 aliphatic heterocycles. The van der Waals surface area contributed by atoms with Gasteiger partial charge < -0.3 is 10.0 Å². The minimum absolute atomic E-state index is 0.0163. The van der Waals surface area contributed by atoms with E-state index >= 15 is 0 Å². The largest absolute Gasteiger partial charge is 0.395 e. The van der Waals surface area contributed by atoms with Crippen molar-refractivity contribution in [1.82, 2.24) is 4.90 Å². The average Bonchev–Trinajstić information content (AvgIpc) is 2.66. The molecule has 5 atom stereocenters. The van der Waals surface area contributed by atoms with E-state index in [-0.39, 0.29) is 35.4 Å². The summed E-state index contributed by atoms with van der Waals surface area (Å²) in [5.74, 6) is 0.993. The molecule has 4 aliphatic carbocycles. The molecular weight excluding hydrogens is 338 g/mol. The van der Waals surface area contributed by atoms with Gasteiger partial charge in [0.2, 0.25) is 0 Å². The Morgan fingerprint density at radius 1 is 1.30 bits per heavy atom. The molecule has 1 spiro atoms. The Kier molecular flexibility index (Phi) is 5.98. The molecular formula is C23H37NO3. The number of ketones is 2. The maximum absolute atomic E-state index is 13.4. The normalized spacial score (nSPS) is 38.6. The molecule has 4 nitrogen and oxygen atoms in total. The van der Waals surface area contributed by atoms with Gasteiger partial charge in [-0.2, -0.15) is 0 Å². The lowest BCUT2D eigenvalue weighted by Crippen LogP contribution is -2.66. The lowest BCUT2D eigenvalue weighted by Gasteiger charge is -2.63. The number of hydrogen-bond acceptors (Lipinski definition) is 4. The van der Waals surface area contributed by atoms with Crippen LogP contribution in [0.25, 0.3) is 0 Å². The molecule has 152 valence electrons. The minimum Gasteiger partial charge on any atom is -0.395 e. The first-order valence-electron chi connectivity index (χ1n) is 10.9. The van der Waals surface area contributed by atoms with Gasteiger partial charge in [-0.1, -0.05) is 39.7 Å². The number of aliphatic hydroxyl groups is 1. The molecule has 4 heteroatoms. The first-order chi connectivity index (χ1) is 12.9. The van der Waals surface area contributed by atoms with Gasteiger partial charge in [0.05, 0.1) is 12.0 Å². The molecule has 0 aromatic heterocycles. The lowest BCUT2D eigenvalue weighted by molar-refractivity contribution is -0.176. The zero-order chi connectivity index (χ0) is 19.8. The molecule has 4 rings (SSSR count). The van der Waals surface area contributed by atoms with Crippen molar-refractivity contribution >= 4 is 11.6 Å². The molecule has 0 amide bonds. The number of nitrogens with zero attached hydrogens (tertiary/aromatic N) is 1. The third kappa shape index (κ3) is 3.04. The van der Waals surface area contributed by atoms with E-state index in [4.69, 9.17) is 0 Å². The van der Waals surface area contributed by atoms with Crippen molar-refractivity contribution in [1.29, 1.82) is 0 Å². The van der Waals surface area contributed by atoms with Crippen molar-refractivity contribution in [2.24, 2.45) is 28.6 Å². The minimum atomic E-state index is -0.800. The van der Waals surface area contributed by atoms with Crippen LogP contribution in [0, 0.1) is 28.6 Å². The first kappa shape index (κ1) is 20.7. The van der Waals surface area contributed by atoms with Gasteiger partial charge in [-0.25, -0.2) is 0 Å². The number of unbranched alkanes of at least 4 members (excludes halogenated alkanes) is 1. The van der Waals surface area contributed by atoms with Gasteiger partial charge in [0.15, 0.2) is 5.78 Å². The van der Waals surface area contributed by atoms with Crippen LogP contribution in [0.4, 0.5) is 0 Å². The van der Waals surface area contributed by atoms with Crippen LogP contribution in [0.3, 0.4) is 0 Å². The second-order valence-corrected chi connectivity index (χ2v) is 9.38. The lowest BCUT2D eigenvalue weighted by atomic mass is 9.39. The summed E-state index contributed by atoms with van der Waals surface area (Å²) in [6.07, 6.45) is 7.46. The number of hydrogen-bond donors (Lipinski definition) is 1. The third-order valence-corrected chi connectivity index (χ3v) is 8.16. The van der Waals surface area contributed by atoms with Gasteiger partial charge in [-0.05, 0) is 61.5 Å². The quantitative estimate of drug-likeness (QED) is 0.520. The SMILES string of the molecule is C=C1C(=O)[C@]23CC[C@H]1CC2[C@@](CCCC)(CN(C)CCO)C(CC)CC3=O. The monoisotopic (exact) mass is 375 g/mol. The Hall–Kier alpha value is -1.00. The zero-order valence-electron chi connectivity index (χ0n) is 17.4. The molecule has 1 N–H and O–H groups in total. The molecule has 2 bridgehead atoms. The fraction of sp³-hybridized carbons (Fsp3) is 0.826. The highest BCUT2D eigenvalue weighted by Gasteiger charge is 2.68. The summed E-state index contributed by atoms with van der Waals surface area (Å²) in [4.78, 5) is 29.0. The predicted molar refractivity (Wildman–Crippen MR) is 107 cm³/mol. The molecule has 4 aliphatic rings. The second kappa shape index (κ2) is 7.79. The van der Waals surface area contributed by atoms with E-state index in [0.717, 1.165) is 51.5 Å². The summed E-state index contributed by atoms with van der Waals surface area (Å²) in [5, 5.41) is 9.44. The van der Waals surface area contributed by atoms with Crippen LogP contribution >= 0.6 is 0 Å². The Morgan fingerprint density at radius 2 is 2.04 bits per heavy atom. The van der Waals surface area contributed by atoms with Gasteiger partial charge in [0.25, 0.3) is 0 Å². The number of carbonyl (C=O) groups excluding carboxylic acids is 2. The first-order valence-corrected chi connectivity index (χ1v) is 10.9. The van der Waals surface area contributed by atoms with Gasteiger partial charge in [0, 0.05) is 19.5 Å². The number of carbonyl (C=O) groups is 2. The Morgan fingerprint density at radius 3 is 2.67 bits per heavy atom. The van der Waals surface area contributed by atoms with Crippen molar-refractivity contribution < 1.29 is 14.7 Å². The number of Topliss-reactive ketones (excluding diaryl/α,β-unsaturated/α-hetero) is 2. The van der Waals surface area contributed by atoms with E-state index in [1.165, 1.54) is 0 Å². The Bertz CT molecular complexity index is 615. The zero-order valence-corrected chi connectivity index (χ0v) is 17.4. The van der Waals surface area contributed by atoms with Crippen LogP contribution in [0.5, 0.6) is 0 Å². The topological polar surface area (TPSA) is 57.6 Å². The number of rotatable bonds is 8. The van der Waals surface area contributed by atoms with Crippen molar-refractivity contribution in [2.45, 2.75) is 65.2 Å². The van der Waals surface area contributed by atoms with E-state index < -0.39 is 5.41 Å². The molecule has 27 heavy (non-hydrogen) atoms. The highest BCUT2D eigenvalue weighted by Crippen LogP contribution is 2.66. The summed E-state index contributed by atoms with van der Waals surface area (Å²) in [7, 11) is 2.07. The standard InChI is InChI=1S/C23H37NO3/c1-5-7-9-22(15-24(4)11-12-25)18(6-2)14-20(26)23-10-8-17(13-19(22)23)16(3)21(23)27/h17-19,25H,3,5-15H2,1-2,4H3/t17-,18?,19?,22-,23+/m0/s1. The van der Waals surface area contributed by atoms with Gasteiger partial charge in [-0.15, -0.1) is 0 Å². The summed E-state index contributed by atoms with van der Waals surface area (Å²) in [6.45, 7) is 10.2. The Balaban J connectivity index is 2.09. The molecule has 2 unspecified atom stereocenters. The van der Waals surface area contributed by atoms with Gasteiger partial charge in [0.1, 0.15) is 5.78 Å². The van der Waals surface area contributed by atoms with Crippen molar-refractivity contribution in [3.63, 3.8) is 0 Å². The van der Waals surface area contributed by atoms with E-state index in [1.54, 1.807) is 0 Å². The predicted octanol–water partition coefficient (Wildman–Crippen LogP) is 3.63. The molecule has 0 aromatic rings. The van der Waals surface area contributed by atoms with Crippen LogP contribution in [0.1, 0.15) is 65.2 Å². The molecule has 4 saturated carbocycles. The third-order valence-electron chi connectivity index (χ3n) is 8.16.